The number of benzene rings is 2. The van der Waals surface area contributed by atoms with Crippen LogP contribution in [-0.2, 0) is 10.2 Å². The largest absolute Gasteiger partial charge is 0.481 e. The Bertz CT molecular complexity index is 827. The summed E-state index contributed by atoms with van der Waals surface area (Å²) >= 11 is 0. The Morgan fingerprint density at radius 1 is 1.00 bits per heavy atom. The quantitative estimate of drug-likeness (QED) is 0.880. The minimum Gasteiger partial charge on any atom is -0.481 e. The molecule has 0 amide bonds. The second-order valence-corrected chi connectivity index (χ2v) is 6.77. The summed E-state index contributed by atoms with van der Waals surface area (Å²) in [6.07, 6.45) is 11.5. The number of hydrogen-bond acceptors (Lipinski definition) is 1. The molecule has 2 aromatic carbocycles. The van der Waals surface area contributed by atoms with Crippen LogP contribution in [0.1, 0.15) is 31.2 Å². The van der Waals surface area contributed by atoms with Crippen LogP contribution in [-0.4, -0.2) is 11.1 Å². The van der Waals surface area contributed by atoms with Gasteiger partial charge >= 0.3 is 5.97 Å². The second kappa shape index (κ2) is 5.09. The highest BCUT2D eigenvalue weighted by Gasteiger charge is 2.59. The summed E-state index contributed by atoms with van der Waals surface area (Å²) in [4.78, 5) is 12.2. The fourth-order valence-corrected chi connectivity index (χ4v) is 4.31. The van der Waals surface area contributed by atoms with Gasteiger partial charge in [0, 0.05) is 5.41 Å². The Labute approximate surface area is 136 Å². The van der Waals surface area contributed by atoms with Crippen molar-refractivity contribution in [1.82, 2.24) is 0 Å². The highest BCUT2D eigenvalue weighted by atomic mass is 16.4. The molecule has 0 aliphatic heterocycles. The third-order valence-electron chi connectivity index (χ3n) is 5.80. The van der Waals surface area contributed by atoms with Gasteiger partial charge in [-0.1, -0.05) is 73.2 Å². The van der Waals surface area contributed by atoms with Crippen LogP contribution in [0.4, 0.5) is 0 Å². The van der Waals surface area contributed by atoms with Gasteiger partial charge in [0.2, 0.25) is 0 Å². The van der Waals surface area contributed by atoms with Crippen molar-refractivity contribution in [3.63, 3.8) is 0 Å². The molecule has 2 aliphatic rings. The number of allylic oxidation sites excluding steroid dienone is 4. The minimum absolute atomic E-state index is 0.435. The molecular weight excluding hydrogens is 284 g/mol. The lowest BCUT2D eigenvalue weighted by atomic mass is 9.49. The standard InChI is InChI=1S/C21H20O2/c22-19(23)21(13-6-14-21)20(11-4-1-5-12-20)18-10-9-16-7-2-3-8-17(16)15-18/h1-5,7-11,15H,6,12-14H2,(H,22,23). The van der Waals surface area contributed by atoms with Crippen LogP contribution in [0.25, 0.3) is 10.8 Å². The Morgan fingerprint density at radius 2 is 1.78 bits per heavy atom. The molecule has 0 radical (unpaired) electrons. The minimum atomic E-state index is -0.670. The van der Waals surface area contributed by atoms with Crippen LogP contribution >= 0.6 is 0 Å². The van der Waals surface area contributed by atoms with Gasteiger partial charge in [-0.05, 0) is 35.6 Å². The van der Waals surface area contributed by atoms with E-state index in [-0.39, 0.29) is 0 Å². The molecule has 116 valence electrons. The van der Waals surface area contributed by atoms with E-state index in [0.717, 1.165) is 31.2 Å². The molecule has 1 saturated carbocycles. The van der Waals surface area contributed by atoms with Crippen molar-refractivity contribution in [1.29, 1.82) is 0 Å². The monoisotopic (exact) mass is 304 g/mol. The van der Waals surface area contributed by atoms with Crippen LogP contribution in [0.3, 0.4) is 0 Å². The molecule has 1 N–H and O–H groups in total. The SMILES string of the molecule is O=C(O)C1(C2(c3ccc4ccccc4c3)C=CC=CC2)CCC1. The van der Waals surface area contributed by atoms with E-state index in [1.807, 2.05) is 24.3 Å². The number of hydrogen-bond donors (Lipinski definition) is 1. The van der Waals surface area contributed by atoms with Crippen LogP contribution < -0.4 is 0 Å². The average Bonchev–Trinajstić information content (AvgIpc) is 2.54. The maximum atomic E-state index is 12.2. The molecular formula is C21H20O2. The first-order chi connectivity index (χ1) is 11.2. The van der Waals surface area contributed by atoms with Crippen LogP contribution in [0.2, 0.25) is 0 Å². The summed E-state index contributed by atoms with van der Waals surface area (Å²) in [6.45, 7) is 0. The Balaban J connectivity index is 1.93. The maximum Gasteiger partial charge on any atom is 0.310 e. The highest BCUT2D eigenvalue weighted by Crippen LogP contribution is 2.58. The first kappa shape index (κ1) is 14.3. The fraction of sp³-hybridized carbons (Fsp3) is 0.286. The number of fused-ring (bicyclic) bond motifs is 1. The van der Waals surface area contributed by atoms with Crippen molar-refractivity contribution in [2.24, 2.45) is 5.41 Å². The lowest BCUT2D eigenvalue weighted by Crippen LogP contribution is -2.54. The van der Waals surface area contributed by atoms with Gasteiger partial charge < -0.3 is 5.11 Å². The highest BCUT2D eigenvalue weighted by molar-refractivity contribution is 5.85. The van der Waals surface area contributed by atoms with Crippen LogP contribution in [0.15, 0.2) is 66.8 Å². The third-order valence-corrected chi connectivity index (χ3v) is 5.80. The van der Waals surface area contributed by atoms with Crippen LogP contribution in [0, 0.1) is 5.41 Å². The van der Waals surface area contributed by atoms with Gasteiger partial charge in [0.15, 0.2) is 0 Å². The van der Waals surface area contributed by atoms with E-state index in [1.54, 1.807) is 0 Å². The van der Waals surface area contributed by atoms with Crippen molar-refractivity contribution in [3.05, 3.63) is 72.3 Å². The molecule has 2 aromatic rings. The van der Waals surface area contributed by atoms with E-state index in [9.17, 15) is 9.90 Å². The van der Waals surface area contributed by atoms with Gasteiger partial charge in [0.25, 0.3) is 0 Å². The van der Waals surface area contributed by atoms with Gasteiger partial charge in [0.1, 0.15) is 0 Å². The fourth-order valence-electron chi connectivity index (χ4n) is 4.31. The van der Waals surface area contributed by atoms with Crippen molar-refractivity contribution in [3.8, 4) is 0 Å². The lowest BCUT2D eigenvalue weighted by molar-refractivity contribution is -0.160. The van der Waals surface area contributed by atoms with E-state index in [0.29, 0.717) is 0 Å². The zero-order valence-corrected chi connectivity index (χ0v) is 13.0. The van der Waals surface area contributed by atoms with E-state index >= 15 is 0 Å². The first-order valence-electron chi connectivity index (χ1n) is 8.25. The number of carboxylic acids is 1. The average molecular weight is 304 g/mol. The molecule has 1 unspecified atom stereocenters. The van der Waals surface area contributed by atoms with E-state index < -0.39 is 16.8 Å². The molecule has 1 fully saturated rings. The van der Waals surface area contributed by atoms with E-state index in [1.165, 1.54) is 10.8 Å². The Kier molecular flexibility index (Phi) is 3.15. The number of aliphatic carboxylic acids is 1. The molecule has 1 atom stereocenters. The smallest absolute Gasteiger partial charge is 0.310 e. The summed E-state index contributed by atoms with van der Waals surface area (Å²) in [5.74, 6) is -0.656. The van der Waals surface area contributed by atoms with Crippen molar-refractivity contribution < 1.29 is 9.90 Å². The summed E-state index contributed by atoms with van der Waals surface area (Å²) in [5, 5.41) is 12.4. The van der Waals surface area contributed by atoms with Crippen LogP contribution in [0.5, 0.6) is 0 Å². The second-order valence-electron chi connectivity index (χ2n) is 6.77. The van der Waals surface area contributed by atoms with Gasteiger partial charge in [-0.2, -0.15) is 0 Å². The Hall–Kier alpha value is -2.35. The van der Waals surface area contributed by atoms with E-state index in [4.69, 9.17) is 0 Å². The maximum absolute atomic E-state index is 12.2. The van der Waals surface area contributed by atoms with Crippen molar-refractivity contribution in [2.75, 3.05) is 0 Å². The van der Waals surface area contributed by atoms with Crippen molar-refractivity contribution in [2.45, 2.75) is 31.1 Å². The molecule has 0 bridgehead atoms. The molecule has 2 heteroatoms. The van der Waals surface area contributed by atoms with Crippen molar-refractivity contribution >= 4 is 16.7 Å². The normalized spacial score (nSPS) is 25.2. The van der Waals surface area contributed by atoms with Gasteiger partial charge in [-0.25, -0.2) is 0 Å². The predicted molar refractivity (Wildman–Crippen MR) is 92.4 cm³/mol. The number of rotatable bonds is 3. The number of carboxylic acid groups (broad SMARTS) is 1. The molecule has 0 spiro atoms. The summed E-state index contributed by atoms with van der Waals surface area (Å²) in [6, 6.07) is 14.7. The summed E-state index contributed by atoms with van der Waals surface area (Å²) in [7, 11) is 0. The van der Waals surface area contributed by atoms with Gasteiger partial charge in [0.05, 0.1) is 5.41 Å². The number of carbonyl (C=O) groups is 1. The first-order valence-corrected chi connectivity index (χ1v) is 8.25. The summed E-state index contributed by atoms with van der Waals surface area (Å²) in [5.41, 5.74) is 0.0194. The zero-order valence-electron chi connectivity index (χ0n) is 13.0. The molecule has 2 nitrogen and oxygen atoms in total. The Morgan fingerprint density at radius 3 is 2.39 bits per heavy atom. The van der Waals surface area contributed by atoms with Gasteiger partial charge in [-0.3, -0.25) is 4.79 Å². The lowest BCUT2D eigenvalue weighted by Gasteiger charge is -2.52. The molecule has 0 aromatic heterocycles. The van der Waals surface area contributed by atoms with Gasteiger partial charge in [-0.15, -0.1) is 0 Å². The van der Waals surface area contributed by atoms with E-state index in [2.05, 4.69) is 42.5 Å². The molecule has 2 aliphatic carbocycles. The topological polar surface area (TPSA) is 37.3 Å². The predicted octanol–water partition coefficient (Wildman–Crippen LogP) is 4.85. The third kappa shape index (κ3) is 1.91. The molecule has 23 heavy (non-hydrogen) atoms. The molecule has 0 heterocycles. The molecule has 4 rings (SSSR count). The molecule has 0 saturated heterocycles. The summed E-state index contributed by atoms with van der Waals surface area (Å²) < 4.78 is 0. The zero-order chi connectivity index (χ0) is 15.9.